The summed E-state index contributed by atoms with van der Waals surface area (Å²) in [4.78, 5) is 12.9. The number of fused-ring (bicyclic) bond motifs is 1. The lowest BCUT2D eigenvalue weighted by Gasteiger charge is -2.17. The van der Waals surface area contributed by atoms with E-state index < -0.39 is 0 Å². The van der Waals surface area contributed by atoms with Crippen LogP contribution < -0.4 is 14.9 Å². The van der Waals surface area contributed by atoms with Gasteiger partial charge in [-0.25, -0.2) is 9.82 Å². The quantitative estimate of drug-likeness (QED) is 0.832. The molecule has 0 fully saturated rings. The van der Waals surface area contributed by atoms with Gasteiger partial charge in [0.15, 0.2) is 6.61 Å². The average Bonchev–Trinajstić information content (AvgIpc) is 2.65. The van der Waals surface area contributed by atoms with Gasteiger partial charge in [0.05, 0.1) is 12.8 Å². The van der Waals surface area contributed by atoms with Crippen molar-refractivity contribution < 1.29 is 18.7 Å². The van der Waals surface area contributed by atoms with Gasteiger partial charge in [-0.05, 0) is 42.5 Å². The molecule has 1 N–H and O–H groups in total. The first-order valence-corrected chi connectivity index (χ1v) is 8.69. The zero-order valence-corrected chi connectivity index (χ0v) is 14.4. The smallest absolute Gasteiger partial charge is 0.277 e. The molecule has 0 radical (unpaired) electrons. The van der Waals surface area contributed by atoms with E-state index in [9.17, 15) is 9.18 Å². The van der Waals surface area contributed by atoms with Gasteiger partial charge in [-0.1, -0.05) is 0 Å². The normalized spacial score (nSPS) is 14.7. The van der Waals surface area contributed by atoms with Gasteiger partial charge in [0, 0.05) is 22.6 Å². The van der Waals surface area contributed by atoms with Crippen LogP contribution in [0.4, 0.5) is 4.39 Å². The highest BCUT2D eigenvalue weighted by Crippen LogP contribution is 2.30. The summed E-state index contributed by atoms with van der Waals surface area (Å²) in [5.41, 5.74) is 3.87. The van der Waals surface area contributed by atoms with Gasteiger partial charge in [-0.3, -0.25) is 4.79 Å². The number of thioether (sulfide) groups is 1. The van der Waals surface area contributed by atoms with E-state index in [2.05, 4.69) is 10.5 Å². The van der Waals surface area contributed by atoms with E-state index in [1.54, 1.807) is 49.2 Å². The third-order valence-corrected chi connectivity index (χ3v) is 4.67. The van der Waals surface area contributed by atoms with E-state index in [1.807, 2.05) is 0 Å². The van der Waals surface area contributed by atoms with E-state index in [0.29, 0.717) is 23.6 Å². The third-order valence-electron chi connectivity index (χ3n) is 3.59. The second-order valence-corrected chi connectivity index (χ2v) is 6.43. The largest absolute Gasteiger partial charge is 0.497 e. The molecule has 7 heteroatoms. The van der Waals surface area contributed by atoms with Crippen LogP contribution in [0.25, 0.3) is 0 Å². The molecule has 0 saturated carbocycles. The number of rotatable bonds is 5. The van der Waals surface area contributed by atoms with E-state index in [1.165, 1.54) is 12.1 Å². The molecule has 0 aliphatic carbocycles. The molecular weight excluding hydrogens is 343 g/mol. The van der Waals surface area contributed by atoms with Gasteiger partial charge in [0.2, 0.25) is 0 Å². The van der Waals surface area contributed by atoms with Gasteiger partial charge < -0.3 is 9.47 Å². The Morgan fingerprint density at radius 2 is 2.00 bits per heavy atom. The lowest BCUT2D eigenvalue weighted by Crippen LogP contribution is -2.26. The highest BCUT2D eigenvalue weighted by Gasteiger charge is 2.17. The number of hydrogen-bond donors (Lipinski definition) is 1. The van der Waals surface area contributed by atoms with Crippen molar-refractivity contribution in [3.05, 3.63) is 53.8 Å². The third kappa shape index (κ3) is 4.51. The number of carbonyl (C=O) groups is 1. The Kier molecular flexibility index (Phi) is 5.55. The fourth-order valence-corrected chi connectivity index (χ4v) is 3.36. The molecular formula is C18H17FN2O3S. The summed E-state index contributed by atoms with van der Waals surface area (Å²) < 4.78 is 23.9. The zero-order chi connectivity index (χ0) is 17.6. The maximum atomic E-state index is 13.4. The SMILES string of the molecule is COc1ccc(OCC(=O)N/N=C2/CCSc3ccc(F)cc32)cc1. The summed E-state index contributed by atoms with van der Waals surface area (Å²) in [6.45, 7) is -0.159. The van der Waals surface area contributed by atoms with Crippen LogP contribution in [0.3, 0.4) is 0 Å². The molecule has 1 aliphatic heterocycles. The molecule has 0 unspecified atom stereocenters. The first kappa shape index (κ1) is 17.3. The molecule has 130 valence electrons. The van der Waals surface area contributed by atoms with Crippen LogP contribution >= 0.6 is 11.8 Å². The molecule has 3 rings (SSSR count). The fourth-order valence-electron chi connectivity index (χ4n) is 2.34. The number of benzene rings is 2. The van der Waals surface area contributed by atoms with Crippen molar-refractivity contribution in [1.29, 1.82) is 0 Å². The van der Waals surface area contributed by atoms with Gasteiger partial charge in [-0.15, -0.1) is 11.8 Å². The summed E-state index contributed by atoms with van der Waals surface area (Å²) in [6.07, 6.45) is 0.667. The highest BCUT2D eigenvalue weighted by atomic mass is 32.2. The molecule has 1 amide bonds. The van der Waals surface area contributed by atoms with E-state index in [-0.39, 0.29) is 18.3 Å². The number of carbonyl (C=O) groups excluding carboxylic acids is 1. The van der Waals surface area contributed by atoms with Gasteiger partial charge in [-0.2, -0.15) is 5.10 Å². The Morgan fingerprint density at radius 3 is 2.76 bits per heavy atom. The number of hydrazone groups is 1. The number of nitrogens with zero attached hydrogens (tertiary/aromatic N) is 1. The molecule has 0 bridgehead atoms. The first-order valence-electron chi connectivity index (χ1n) is 7.70. The van der Waals surface area contributed by atoms with Gasteiger partial charge >= 0.3 is 0 Å². The predicted molar refractivity (Wildman–Crippen MR) is 94.9 cm³/mol. The second-order valence-electron chi connectivity index (χ2n) is 5.30. The maximum Gasteiger partial charge on any atom is 0.277 e. The maximum absolute atomic E-state index is 13.4. The molecule has 25 heavy (non-hydrogen) atoms. The van der Waals surface area contributed by atoms with Crippen molar-refractivity contribution in [1.82, 2.24) is 5.43 Å². The Bertz CT molecular complexity index is 793. The van der Waals surface area contributed by atoms with Crippen LogP contribution in [0, 0.1) is 5.82 Å². The zero-order valence-electron chi connectivity index (χ0n) is 13.6. The number of amides is 1. The number of hydrogen-bond acceptors (Lipinski definition) is 5. The Labute approximate surface area is 149 Å². The van der Waals surface area contributed by atoms with Crippen LogP contribution in [0.2, 0.25) is 0 Å². The summed E-state index contributed by atoms with van der Waals surface area (Å²) in [7, 11) is 1.58. The monoisotopic (exact) mass is 360 g/mol. The van der Waals surface area contributed by atoms with E-state index >= 15 is 0 Å². The summed E-state index contributed by atoms with van der Waals surface area (Å²) in [5, 5.41) is 4.14. The topological polar surface area (TPSA) is 59.9 Å². The van der Waals surface area contributed by atoms with Crippen molar-refractivity contribution >= 4 is 23.4 Å². The minimum Gasteiger partial charge on any atom is -0.497 e. The fraction of sp³-hybridized carbons (Fsp3) is 0.222. The summed E-state index contributed by atoms with van der Waals surface area (Å²) >= 11 is 1.65. The Balaban J connectivity index is 1.58. The Hall–Kier alpha value is -2.54. The predicted octanol–water partition coefficient (Wildman–Crippen LogP) is 3.23. The number of methoxy groups -OCH3 is 1. The van der Waals surface area contributed by atoms with Gasteiger partial charge in [0.1, 0.15) is 17.3 Å². The second kappa shape index (κ2) is 8.02. The van der Waals surface area contributed by atoms with Crippen LogP contribution in [-0.2, 0) is 4.79 Å². The highest BCUT2D eigenvalue weighted by molar-refractivity contribution is 7.99. The number of halogens is 1. The Morgan fingerprint density at radius 1 is 1.24 bits per heavy atom. The number of ether oxygens (including phenoxy) is 2. The molecule has 2 aromatic carbocycles. The van der Waals surface area contributed by atoms with Crippen molar-refractivity contribution in [3.63, 3.8) is 0 Å². The van der Waals surface area contributed by atoms with Crippen molar-refractivity contribution in [2.45, 2.75) is 11.3 Å². The molecule has 0 spiro atoms. The standard InChI is InChI=1S/C18H17FN2O3S/c1-23-13-3-5-14(6-4-13)24-11-18(22)21-20-16-8-9-25-17-7-2-12(19)10-15(16)17/h2-7,10H,8-9,11H2,1H3,(H,21,22)/b20-16-. The molecule has 1 heterocycles. The minimum atomic E-state index is -0.375. The van der Waals surface area contributed by atoms with Crippen LogP contribution in [0.15, 0.2) is 52.5 Å². The molecule has 1 aliphatic rings. The van der Waals surface area contributed by atoms with E-state index in [0.717, 1.165) is 16.2 Å². The van der Waals surface area contributed by atoms with Crippen molar-refractivity contribution in [2.24, 2.45) is 5.10 Å². The lowest BCUT2D eigenvalue weighted by molar-refractivity contribution is -0.123. The lowest BCUT2D eigenvalue weighted by atomic mass is 10.1. The summed E-state index contributed by atoms with van der Waals surface area (Å²) in [5.74, 6) is 1.42. The first-order chi connectivity index (χ1) is 12.2. The van der Waals surface area contributed by atoms with Crippen molar-refractivity contribution in [3.8, 4) is 11.5 Å². The molecule has 0 saturated heterocycles. The molecule has 0 aromatic heterocycles. The molecule has 5 nitrogen and oxygen atoms in total. The van der Waals surface area contributed by atoms with Crippen molar-refractivity contribution in [2.75, 3.05) is 19.5 Å². The molecule has 2 aromatic rings. The van der Waals surface area contributed by atoms with Crippen LogP contribution in [0.1, 0.15) is 12.0 Å². The molecule has 0 atom stereocenters. The van der Waals surface area contributed by atoms with Crippen LogP contribution in [0.5, 0.6) is 11.5 Å². The minimum absolute atomic E-state index is 0.159. The van der Waals surface area contributed by atoms with E-state index in [4.69, 9.17) is 9.47 Å². The van der Waals surface area contributed by atoms with Crippen LogP contribution in [-0.4, -0.2) is 31.1 Å². The summed E-state index contributed by atoms with van der Waals surface area (Å²) in [6, 6.07) is 11.5. The average molecular weight is 360 g/mol. The van der Waals surface area contributed by atoms with Gasteiger partial charge in [0.25, 0.3) is 5.91 Å². The number of nitrogens with one attached hydrogen (secondary N) is 1.